The highest BCUT2D eigenvalue weighted by molar-refractivity contribution is 5.70. The molecule has 1 spiro atoms. The molecule has 0 unspecified atom stereocenters. The fourth-order valence-electron chi connectivity index (χ4n) is 6.94. The number of hydrogen-bond acceptors (Lipinski definition) is 6. The molecule has 200 valence electrons. The third kappa shape index (κ3) is 4.31. The molecule has 1 aliphatic carbocycles. The second-order valence-electron chi connectivity index (χ2n) is 12.1. The molecule has 7 nitrogen and oxygen atoms in total. The largest absolute Gasteiger partial charge is 0.483 e. The molecular formula is C31H39N5O2. The minimum Gasteiger partial charge on any atom is -0.483 e. The van der Waals surface area contributed by atoms with Gasteiger partial charge in [0.15, 0.2) is 5.82 Å². The lowest BCUT2D eigenvalue weighted by molar-refractivity contribution is -0.143. The molecule has 38 heavy (non-hydrogen) atoms. The van der Waals surface area contributed by atoms with Crippen molar-refractivity contribution in [3.05, 3.63) is 60.2 Å². The number of anilines is 1. The van der Waals surface area contributed by atoms with E-state index in [9.17, 15) is 0 Å². The monoisotopic (exact) mass is 513 g/mol. The van der Waals surface area contributed by atoms with E-state index in [1.807, 2.05) is 7.11 Å². The van der Waals surface area contributed by atoms with Crippen molar-refractivity contribution in [3.8, 4) is 22.6 Å². The van der Waals surface area contributed by atoms with Crippen molar-refractivity contribution in [1.29, 1.82) is 0 Å². The van der Waals surface area contributed by atoms with E-state index in [1.165, 1.54) is 42.7 Å². The Kier molecular flexibility index (Phi) is 5.98. The van der Waals surface area contributed by atoms with Crippen LogP contribution >= 0.6 is 0 Å². The molecule has 4 heterocycles. The summed E-state index contributed by atoms with van der Waals surface area (Å²) in [6.07, 6.45) is 5.09. The Morgan fingerprint density at radius 3 is 2.45 bits per heavy atom. The molecule has 1 saturated carbocycles. The molecule has 3 aliphatic heterocycles. The number of methoxy groups -OCH3 is 1. The van der Waals surface area contributed by atoms with E-state index < -0.39 is 0 Å². The molecule has 7 rings (SSSR count). The van der Waals surface area contributed by atoms with Crippen molar-refractivity contribution in [1.82, 2.24) is 19.4 Å². The van der Waals surface area contributed by atoms with E-state index in [1.54, 1.807) is 0 Å². The molecule has 1 aromatic heterocycles. The Balaban J connectivity index is 1.01. The zero-order chi connectivity index (χ0) is 25.9. The highest BCUT2D eigenvalue weighted by atomic mass is 16.5. The molecule has 0 bridgehead atoms. The summed E-state index contributed by atoms with van der Waals surface area (Å²) in [5, 5.41) is 0. The second-order valence-corrected chi connectivity index (χ2v) is 12.1. The summed E-state index contributed by atoms with van der Waals surface area (Å²) in [6.45, 7) is 12.8. The molecule has 3 aromatic rings. The maximum absolute atomic E-state index is 6.18. The normalized spacial score (nSPS) is 21.1. The van der Waals surface area contributed by atoms with Crippen LogP contribution in [0.25, 0.3) is 16.8 Å². The lowest BCUT2D eigenvalue weighted by Gasteiger charge is -2.58. The number of benzene rings is 2. The molecular weight excluding hydrogens is 474 g/mol. The van der Waals surface area contributed by atoms with Gasteiger partial charge in [-0.15, -0.1) is 0 Å². The van der Waals surface area contributed by atoms with Gasteiger partial charge in [-0.2, -0.15) is 0 Å². The first-order valence-corrected chi connectivity index (χ1v) is 14.2. The molecule has 3 fully saturated rings. The summed E-state index contributed by atoms with van der Waals surface area (Å²) >= 11 is 0. The highest BCUT2D eigenvalue weighted by Gasteiger charge is 2.52. The van der Waals surface area contributed by atoms with Crippen LogP contribution in [-0.4, -0.2) is 77.9 Å². The van der Waals surface area contributed by atoms with Crippen molar-refractivity contribution in [3.63, 3.8) is 0 Å². The van der Waals surface area contributed by atoms with E-state index in [2.05, 4.69) is 81.8 Å². The molecule has 7 heteroatoms. The first-order chi connectivity index (χ1) is 18.5. The fourth-order valence-corrected chi connectivity index (χ4v) is 6.94. The average Bonchev–Trinajstić information content (AvgIpc) is 3.32. The first kappa shape index (κ1) is 24.2. The van der Waals surface area contributed by atoms with Crippen molar-refractivity contribution in [2.75, 3.05) is 51.3 Å². The zero-order valence-electron chi connectivity index (χ0n) is 22.9. The predicted molar refractivity (Wildman–Crippen MR) is 150 cm³/mol. The van der Waals surface area contributed by atoms with Gasteiger partial charge < -0.3 is 14.4 Å². The third-order valence-electron chi connectivity index (χ3n) is 9.17. The first-order valence-electron chi connectivity index (χ1n) is 14.2. The average molecular weight is 514 g/mol. The Morgan fingerprint density at radius 2 is 1.74 bits per heavy atom. The van der Waals surface area contributed by atoms with Crippen molar-refractivity contribution in [2.45, 2.75) is 52.0 Å². The lowest BCUT2D eigenvalue weighted by Crippen LogP contribution is -2.63. The fraction of sp³-hybridized carbons (Fsp3) is 0.516. The topological polar surface area (TPSA) is 46.0 Å². The Bertz CT molecular complexity index is 1290. The second kappa shape index (κ2) is 9.40. The Labute approximate surface area is 226 Å². The van der Waals surface area contributed by atoms with Crippen molar-refractivity contribution < 1.29 is 9.47 Å². The lowest BCUT2D eigenvalue weighted by atomic mass is 9.62. The maximum Gasteiger partial charge on any atom is 0.151 e. The summed E-state index contributed by atoms with van der Waals surface area (Å²) < 4.78 is 13.9. The van der Waals surface area contributed by atoms with Crippen molar-refractivity contribution in [2.24, 2.45) is 5.41 Å². The third-order valence-corrected chi connectivity index (χ3v) is 9.17. The summed E-state index contributed by atoms with van der Waals surface area (Å²) in [7, 11) is 1.83. The molecule has 0 amide bonds. The van der Waals surface area contributed by atoms with Gasteiger partial charge in [0.25, 0.3) is 0 Å². The summed E-state index contributed by atoms with van der Waals surface area (Å²) in [5.74, 6) is 1.91. The predicted octanol–water partition coefficient (Wildman–Crippen LogP) is 4.57. The van der Waals surface area contributed by atoms with Crippen LogP contribution in [0.3, 0.4) is 0 Å². The van der Waals surface area contributed by atoms with Crippen LogP contribution in [0.2, 0.25) is 0 Å². The summed E-state index contributed by atoms with van der Waals surface area (Å²) in [5.41, 5.74) is 6.43. The molecule has 0 radical (unpaired) electrons. The van der Waals surface area contributed by atoms with E-state index in [0.717, 1.165) is 55.7 Å². The Hall–Kier alpha value is -2.87. The standard InChI is InChI=1S/C31H39N5O2/c1-22(2)34-10-12-35(13-11-34)26-7-4-23(5-8-26)24-6-9-28-29(14-24)38-19-30-32-25(18-36(28)30)17-33-20-31(21-33)15-27(16-31)37-3/h4-9,14,18,22,27H,10-13,15-17,19-21H2,1-3H3. The number of aromatic nitrogens is 2. The summed E-state index contributed by atoms with van der Waals surface area (Å²) in [6, 6.07) is 16.2. The van der Waals surface area contributed by atoms with Crippen LogP contribution < -0.4 is 9.64 Å². The van der Waals surface area contributed by atoms with Gasteiger partial charge in [-0.3, -0.25) is 14.4 Å². The van der Waals surface area contributed by atoms with Gasteiger partial charge in [0.1, 0.15) is 12.4 Å². The van der Waals surface area contributed by atoms with Crippen LogP contribution in [0, 0.1) is 5.41 Å². The highest BCUT2D eigenvalue weighted by Crippen LogP contribution is 2.49. The quantitative estimate of drug-likeness (QED) is 0.481. The van der Waals surface area contributed by atoms with Gasteiger partial charge in [0, 0.05) is 76.3 Å². The number of fused-ring (bicyclic) bond motifs is 3. The van der Waals surface area contributed by atoms with Gasteiger partial charge >= 0.3 is 0 Å². The SMILES string of the molecule is COC1CC2(C1)CN(Cc1cn3c(n1)COc1cc(-c4ccc(N5CCN(C(C)C)CC5)cc4)ccc1-3)C2. The number of hydrogen-bond donors (Lipinski definition) is 0. The number of nitrogens with zero attached hydrogens (tertiary/aromatic N) is 5. The van der Waals surface area contributed by atoms with Crippen LogP contribution in [0.1, 0.15) is 38.2 Å². The van der Waals surface area contributed by atoms with Gasteiger partial charge in [-0.1, -0.05) is 18.2 Å². The van der Waals surface area contributed by atoms with Gasteiger partial charge in [0.2, 0.25) is 0 Å². The zero-order valence-corrected chi connectivity index (χ0v) is 22.9. The molecule has 0 N–H and O–H groups in total. The molecule has 4 aliphatic rings. The molecule has 2 aromatic carbocycles. The van der Waals surface area contributed by atoms with E-state index in [0.29, 0.717) is 24.2 Å². The number of piperazine rings is 1. The van der Waals surface area contributed by atoms with Crippen LogP contribution in [-0.2, 0) is 17.9 Å². The van der Waals surface area contributed by atoms with Crippen molar-refractivity contribution >= 4 is 5.69 Å². The summed E-state index contributed by atoms with van der Waals surface area (Å²) in [4.78, 5) is 12.5. The Morgan fingerprint density at radius 1 is 1.00 bits per heavy atom. The van der Waals surface area contributed by atoms with E-state index in [-0.39, 0.29) is 0 Å². The maximum atomic E-state index is 6.18. The number of rotatable bonds is 6. The van der Waals surface area contributed by atoms with Gasteiger partial charge in [-0.25, -0.2) is 4.98 Å². The number of likely N-dealkylation sites (tertiary alicyclic amines) is 1. The number of imidazole rings is 1. The van der Waals surface area contributed by atoms with Crippen LogP contribution in [0.15, 0.2) is 48.7 Å². The smallest absolute Gasteiger partial charge is 0.151 e. The minimum absolute atomic E-state index is 0.472. The van der Waals surface area contributed by atoms with Crippen LogP contribution in [0.5, 0.6) is 5.75 Å². The van der Waals surface area contributed by atoms with Gasteiger partial charge in [0.05, 0.1) is 17.5 Å². The minimum atomic E-state index is 0.472. The number of ether oxygens (including phenoxy) is 2. The van der Waals surface area contributed by atoms with Gasteiger partial charge in [-0.05, 0) is 62.1 Å². The van der Waals surface area contributed by atoms with E-state index in [4.69, 9.17) is 14.5 Å². The molecule has 2 saturated heterocycles. The molecule has 0 atom stereocenters. The van der Waals surface area contributed by atoms with Crippen LogP contribution in [0.4, 0.5) is 5.69 Å². The van der Waals surface area contributed by atoms with E-state index >= 15 is 0 Å².